The predicted octanol–water partition coefficient (Wildman–Crippen LogP) is 2.76. The van der Waals surface area contributed by atoms with E-state index in [2.05, 4.69) is 9.97 Å². The van der Waals surface area contributed by atoms with Crippen LogP contribution in [0.25, 0.3) is 22.2 Å². The molecule has 3 aromatic rings. The molecule has 0 spiro atoms. The maximum atomic E-state index is 13.1. The first kappa shape index (κ1) is 20.5. The van der Waals surface area contributed by atoms with Crippen molar-refractivity contribution in [2.45, 2.75) is 30.4 Å². The number of benzene rings is 1. The molecule has 9 heteroatoms. The van der Waals surface area contributed by atoms with E-state index in [0.29, 0.717) is 34.0 Å². The third-order valence-corrected chi connectivity index (χ3v) is 6.94. The van der Waals surface area contributed by atoms with Crippen LogP contribution in [-0.4, -0.2) is 47.6 Å². The average Bonchev–Trinajstić information content (AvgIpc) is 2.67. The Morgan fingerprint density at radius 1 is 1.18 bits per heavy atom. The highest BCUT2D eigenvalue weighted by molar-refractivity contribution is 7.98. The molecular formula is C19H22N4O3S2. The molecule has 0 amide bonds. The highest BCUT2D eigenvalue weighted by Crippen LogP contribution is 2.27. The molecule has 0 saturated heterocycles. The van der Waals surface area contributed by atoms with Crippen LogP contribution in [-0.2, 0) is 16.6 Å². The molecule has 0 aliphatic carbocycles. The summed E-state index contributed by atoms with van der Waals surface area (Å²) in [5.74, 6) is 0. The van der Waals surface area contributed by atoms with Gasteiger partial charge in [-0.25, -0.2) is 22.7 Å². The van der Waals surface area contributed by atoms with Gasteiger partial charge in [-0.05, 0) is 49.4 Å². The van der Waals surface area contributed by atoms with Crippen molar-refractivity contribution in [3.8, 4) is 11.1 Å². The normalized spacial score (nSPS) is 12.1. The van der Waals surface area contributed by atoms with Gasteiger partial charge in [-0.2, -0.15) is 0 Å². The van der Waals surface area contributed by atoms with E-state index >= 15 is 0 Å². The van der Waals surface area contributed by atoms with Crippen molar-refractivity contribution in [2.24, 2.45) is 0 Å². The van der Waals surface area contributed by atoms with Crippen molar-refractivity contribution in [1.82, 2.24) is 18.8 Å². The van der Waals surface area contributed by atoms with Gasteiger partial charge in [-0.15, -0.1) is 0 Å². The number of fused-ring (bicyclic) bond motifs is 1. The van der Waals surface area contributed by atoms with Gasteiger partial charge in [0.1, 0.15) is 5.65 Å². The predicted molar refractivity (Wildman–Crippen MR) is 112 cm³/mol. The molecule has 0 atom stereocenters. The third kappa shape index (κ3) is 3.45. The fourth-order valence-corrected chi connectivity index (χ4v) is 4.36. The molecule has 0 aliphatic rings. The molecule has 0 saturated carbocycles. The maximum absolute atomic E-state index is 13.1. The number of rotatable bonds is 5. The summed E-state index contributed by atoms with van der Waals surface area (Å²) in [4.78, 5) is 22.1. The summed E-state index contributed by atoms with van der Waals surface area (Å²) < 4.78 is 27.5. The van der Waals surface area contributed by atoms with E-state index in [4.69, 9.17) is 0 Å². The first-order valence-electron chi connectivity index (χ1n) is 8.68. The minimum Gasteiger partial charge on any atom is -0.292 e. The van der Waals surface area contributed by atoms with E-state index in [-0.39, 0.29) is 10.5 Å². The highest BCUT2D eigenvalue weighted by Gasteiger charge is 2.20. The number of aromatic nitrogens is 3. The maximum Gasteiger partial charge on any atom is 0.260 e. The Hall–Kier alpha value is -2.23. The Labute approximate surface area is 168 Å². The Balaban J connectivity index is 2.25. The van der Waals surface area contributed by atoms with Crippen LogP contribution in [0, 0.1) is 6.92 Å². The van der Waals surface area contributed by atoms with Crippen LogP contribution in [0.4, 0.5) is 0 Å². The standard InChI is InChI=1S/C19H22N4O3S2/c1-6-23-17-13(11-20-19(21-17)27-5)10-16(18(23)24)15-8-7-14(9-12(15)2)28(25,26)22(3)4/h7-11H,6H2,1-5H3. The Morgan fingerprint density at radius 2 is 1.89 bits per heavy atom. The van der Waals surface area contributed by atoms with Crippen LogP contribution >= 0.6 is 11.8 Å². The summed E-state index contributed by atoms with van der Waals surface area (Å²) in [6.07, 6.45) is 3.60. The number of nitrogens with zero attached hydrogens (tertiary/aromatic N) is 4. The Morgan fingerprint density at radius 3 is 2.46 bits per heavy atom. The smallest absolute Gasteiger partial charge is 0.260 e. The van der Waals surface area contributed by atoms with E-state index in [1.54, 1.807) is 35.9 Å². The van der Waals surface area contributed by atoms with Gasteiger partial charge < -0.3 is 0 Å². The number of pyridine rings is 1. The summed E-state index contributed by atoms with van der Waals surface area (Å²) in [7, 11) is -0.555. The first-order chi connectivity index (χ1) is 13.2. The van der Waals surface area contributed by atoms with Crippen molar-refractivity contribution in [2.75, 3.05) is 20.4 Å². The average molecular weight is 419 g/mol. The second kappa shape index (κ2) is 7.65. The lowest BCUT2D eigenvalue weighted by Crippen LogP contribution is -2.23. The van der Waals surface area contributed by atoms with Crippen LogP contribution in [0.15, 0.2) is 45.3 Å². The summed E-state index contributed by atoms with van der Waals surface area (Å²) in [5.41, 5.74) is 2.35. The van der Waals surface area contributed by atoms with Gasteiger partial charge in [0.05, 0.1) is 4.90 Å². The zero-order chi connectivity index (χ0) is 20.6. The van der Waals surface area contributed by atoms with Crippen molar-refractivity contribution < 1.29 is 8.42 Å². The van der Waals surface area contributed by atoms with Gasteiger partial charge in [0.15, 0.2) is 5.16 Å². The fourth-order valence-electron chi connectivity index (χ4n) is 3.04. The van der Waals surface area contributed by atoms with Crippen molar-refractivity contribution >= 4 is 32.8 Å². The molecule has 2 aromatic heterocycles. The minimum atomic E-state index is -3.54. The highest BCUT2D eigenvalue weighted by atomic mass is 32.2. The second-order valence-electron chi connectivity index (χ2n) is 6.51. The summed E-state index contributed by atoms with van der Waals surface area (Å²) >= 11 is 1.42. The number of aryl methyl sites for hydroxylation is 2. The zero-order valence-electron chi connectivity index (χ0n) is 16.4. The molecule has 1 aromatic carbocycles. The molecule has 0 radical (unpaired) electrons. The third-order valence-electron chi connectivity index (χ3n) is 4.57. The largest absolute Gasteiger partial charge is 0.292 e. The van der Waals surface area contributed by atoms with Gasteiger partial charge >= 0.3 is 0 Å². The fraction of sp³-hybridized carbons (Fsp3) is 0.316. The second-order valence-corrected chi connectivity index (χ2v) is 9.43. The quantitative estimate of drug-likeness (QED) is 0.468. The Kier molecular flexibility index (Phi) is 5.60. The summed E-state index contributed by atoms with van der Waals surface area (Å²) in [6, 6.07) is 6.59. The zero-order valence-corrected chi connectivity index (χ0v) is 18.1. The molecule has 3 rings (SSSR count). The van der Waals surface area contributed by atoms with Crippen LogP contribution in [0.3, 0.4) is 0 Å². The van der Waals surface area contributed by atoms with E-state index < -0.39 is 10.0 Å². The lowest BCUT2D eigenvalue weighted by Gasteiger charge is -2.15. The summed E-state index contributed by atoms with van der Waals surface area (Å²) in [6.45, 7) is 4.17. The molecule has 0 N–H and O–H groups in total. The number of thioether (sulfide) groups is 1. The molecule has 0 aliphatic heterocycles. The topological polar surface area (TPSA) is 85.2 Å². The monoisotopic (exact) mass is 418 g/mol. The van der Waals surface area contributed by atoms with E-state index in [1.165, 1.54) is 36.2 Å². The summed E-state index contributed by atoms with van der Waals surface area (Å²) in [5, 5.41) is 1.37. The lowest BCUT2D eigenvalue weighted by atomic mass is 10.0. The number of sulfonamides is 1. The lowest BCUT2D eigenvalue weighted by molar-refractivity contribution is 0.520. The molecule has 0 fully saturated rings. The molecule has 0 bridgehead atoms. The first-order valence-corrected chi connectivity index (χ1v) is 11.3. The van der Waals surface area contributed by atoms with Gasteiger partial charge in [-0.3, -0.25) is 9.36 Å². The van der Waals surface area contributed by atoms with E-state index in [9.17, 15) is 13.2 Å². The van der Waals surface area contributed by atoms with Crippen LogP contribution in [0.2, 0.25) is 0 Å². The van der Waals surface area contributed by atoms with Crippen LogP contribution in [0.5, 0.6) is 0 Å². The van der Waals surface area contributed by atoms with E-state index in [1.807, 2.05) is 13.2 Å². The minimum absolute atomic E-state index is 0.160. The molecule has 0 unspecified atom stereocenters. The molecule has 7 nitrogen and oxygen atoms in total. The van der Waals surface area contributed by atoms with Gasteiger partial charge in [0.25, 0.3) is 5.56 Å². The van der Waals surface area contributed by atoms with Gasteiger partial charge in [0.2, 0.25) is 10.0 Å². The molecule has 28 heavy (non-hydrogen) atoms. The van der Waals surface area contributed by atoms with E-state index in [0.717, 1.165) is 5.39 Å². The Bertz CT molecular complexity index is 1220. The van der Waals surface area contributed by atoms with Gasteiger partial charge in [-0.1, -0.05) is 17.8 Å². The molecular weight excluding hydrogens is 396 g/mol. The van der Waals surface area contributed by atoms with Crippen molar-refractivity contribution in [3.05, 3.63) is 46.4 Å². The molecule has 2 heterocycles. The van der Waals surface area contributed by atoms with Crippen molar-refractivity contribution in [3.63, 3.8) is 0 Å². The van der Waals surface area contributed by atoms with Crippen molar-refractivity contribution in [1.29, 1.82) is 0 Å². The number of hydrogen-bond acceptors (Lipinski definition) is 6. The molecule has 148 valence electrons. The SMILES string of the molecule is CCn1c(=O)c(-c2ccc(S(=O)(=O)N(C)C)cc2C)cc2cnc(SC)nc21. The van der Waals surface area contributed by atoms with Crippen LogP contribution in [0.1, 0.15) is 12.5 Å². The van der Waals surface area contributed by atoms with Crippen LogP contribution < -0.4 is 5.56 Å². The van der Waals surface area contributed by atoms with Gasteiger partial charge in [0, 0.05) is 37.8 Å². The number of hydrogen-bond donors (Lipinski definition) is 0.